The molecule has 0 unspecified atom stereocenters. The Balaban J connectivity index is 2.62. The molecule has 0 aliphatic heterocycles. The van der Waals surface area contributed by atoms with E-state index in [0.29, 0.717) is 0 Å². The molecule has 0 radical (unpaired) electrons. The average molecular weight is 195 g/mol. The number of nitrogens with one attached hydrogen (secondary N) is 1. The maximum atomic E-state index is 11.5. The molecule has 0 saturated carbocycles. The van der Waals surface area contributed by atoms with E-state index in [1.165, 1.54) is 0 Å². The highest BCUT2D eigenvalue weighted by molar-refractivity contribution is 5.69. The van der Waals surface area contributed by atoms with Gasteiger partial charge >= 0.3 is 5.97 Å². The van der Waals surface area contributed by atoms with Gasteiger partial charge in [0, 0.05) is 0 Å². The van der Waals surface area contributed by atoms with Crippen LogP contribution in [-0.2, 0) is 11.3 Å². The van der Waals surface area contributed by atoms with E-state index in [0.717, 1.165) is 10.9 Å². The largest absolute Gasteiger partial charge is 0.480 e. The van der Waals surface area contributed by atoms with E-state index >= 15 is 0 Å². The molecule has 0 bridgehead atoms. The summed E-state index contributed by atoms with van der Waals surface area (Å²) in [6, 6.07) is 0. The number of carbonyl (C=O) groups is 1. The smallest absolute Gasteiger partial charge is 0.323 e. The highest BCUT2D eigenvalue weighted by atomic mass is 16.4. The van der Waals surface area contributed by atoms with Crippen LogP contribution in [0.5, 0.6) is 0 Å². The fourth-order valence-corrected chi connectivity index (χ4v) is 1.03. The highest BCUT2D eigenvalue weighted by Gasteiger charge is 2.09. The summed E-state index contributed by atoms with van der Waals surface area (Å²) in [7, 11) is 0. The van der Waals surface area contributed by atoms with Crippen molar-refractivity contribution >= 4 is 17.1 Å². The Labute approximate surface area is 76.2 Å². The predicted molar refractivity (Wildman–Crippen MR) is 43.6 cm³/mol. The Kier molecular flexibility index (Phi) is 1.73. The number of rotatable bonds is 2. The Morgan fingerprint density at radius 1 is 1.57 bits per heavy atom. The van der Waals surface area contributed by atoms with E-state index in [9.17, 15) is 9.59 Å². The number of carboxylic acid groups (broad SMARTS) is 1. The molecule has 2 N–H and O–H groups in total. The number of hydrogen-bond acceptors (Lipinski definition) is 5. The van der Waals surface area contributed by atoms with Crippen molar-refractivity contribution in [2.45, 2.75) is 6.54 Å². The first-order chi connectivity index (χ1) is 6.68. The monoisotopic (exact) mass is 195 g/mol. The van der Waals surface area contributed by atoms with E-state index in [4.69, 9.17) is 5.11 Å². The van der Waals surface area contributed by atoms with Gasteiger partial charge in [0.1, 0.15) is 12.9 Å². The van der Waals surface area contributed by atoms with Gasteiger partial charge in [-0.1, -0.05) is 0 Å². The molecule has 0 saturated heterocycles. The van der Waals surface area contributed by atoms with Gasteiger partial charge < -0.3 is 5.11 Å². The van der Waals surface area contributed by atoms with Gasteiger partial charge in [0.15, 0.2) is 5.52 Å². The first kappa shape index (κ1) is 8.35. The molecule has 0 aliphatic carbocycles. The molecule has 0 spiro atoms. The van der Waals surface area contributed by atoms with Gasteiger partial charge in [0.25, 0.3) is 5.56 Å². The van der Waals surface area contributed by atoms with Gasteiger partial charge in [0.05, 0.1) is 0 Å². The number of H-pyrrole nitrogens is 1. The molecule has 2 aromatic rings. The van der Waals surface area contributed by atoms with Crippen LogP contribution in [0.1, 0.15) is 0 Å². The number of aliphatic carboxylic acids is 1. The van der Waals surface area contributed by atoms with Gasteiger partial charge in [-0.2, -0.15) is 5.21 Å². The lowest BCUT2D eigenvalue weighted by molar-refractivity contribution is -0.137. The van der Waals surface area contributed by atoms with Crippen molar-refractivity contribution < 1.29 is 9.90 Å². The normalized spacial score (nSPS) is 10.6. The minimum absolute atomic E-state index is 0.0359. The molecule has 0 aliphatic rings. The predicted octanol–water partition coefficient (Wildman–Crippen LogP) is -1.40. The molecule has 2 heterocycles. The van der Waals surface area contributed by atoms with Crippen LogP contribution in [0.25, 0.3) is 11.2 Å². The molecule has 2 rings (SSSR count). The van der Waals surface area contributed by atoms with Gasteiger partial charge in [-0.3, -0.25) is 14.2 Å². The second-order valence-electron chi connectivity index (χ2n) is 2.57. The maximum Gasteiger partial charge on any atom is 0.323 e. The molecule has 2 aromatic heterocycles. The Morgan fingerprint density at radius 3 is 3.07 bits per heavy atom. The van der Waals surface area contributed by atoms with Crippen LogP contribution >= 0.6 is 0 Å². The average Bonchev–Trinajstić information content (AvgIpc) is 2.57. The molecule has 72 valence electrons. The van der Waals surface area contributed by atoms with E-state index < -0.39 is 18.1 Å². The maximum absolute atomic E-state index is 11.5. The van der Waals surface area contributed by atoms with Crippen molar-refractivity contribution in [1.82, 2.24) is 25.0 Å². The van der Waals surface area contributed by atoms with E-state index in [1.807, 2.05) is 0 Å². The highest BCUT2D eigenvalue weighted by Crippen LogP contribution is 1.95. The second-order valence-corrected chi connectivity index (χ2v) is 2.57. The van der Waals surface area contributed by atoms with Crippen LogP contribution in [0, 0.1) is 0 Å². The topological polar surface area (TPSA) is 114 Å². The minimum atomic E-state index is -1.11. The van der Waals surface area contributed by atoms with Gasteiger partial charge in [0.2, 0.25) is 5.65 Å². The van der Waals surface area contributed by atoms with Crippen molar-refractivity contribution in [1.29, 1.82) is 0 Å². The SMILES string of the molecule is O=C(O)Cn1cnc2n[nH]nc2c1=O. The fourth-order valence-electron chi connectivity index (χ4n) is 1.03. The van der Waals surface area contributed by atoms with E-state index in [1.54, 1.807) is 0 Å². The lowest BCUT2D eigenvalue weighted by Crippen LogP contribution is -2.24. The summed E-state index contributed by atoms with van der Waals surface area (Å²) in [5.74, 6) is -1.11. The molecular formula is C6H5N5O3. The third-order valence-electron chi connectivity index (χ3n) is 1.62. The zero-order valence-electron chi connectivity index (χ0n) is 6.84. The molecule has 14 heavy (non-hydrogen) atoms. The third-order valence-corrected chi connectivity index (χ3v) is 1.62. The number of aromatic amines is 1. The Hall–Kier alpha value is -2.25. The molecule has 8 heteroatoms. The third kappa shape index (κ3) is 1.22. The van der Waals surface area contributed by atoms with Crippen LogP contribution in [0.15, 0.2) is 11.1 Å². The van der Waals surface area contributed by atoms with Gasteiger partial charge in [-0.15, -0.1) is 10.2 Å². The zero-order chi connectivity index (χ0) is 10.1. The fraction of sp³-hybridized carbons (Fsp3) is 0.167. The van der Waals surface area contributed by atoms with Gasteiger partial charge in [-0.05, 0) is 0 Å². The van der Waals surface area contributed by atoms with Crippen LogP contribution in [0.2, 0.25) is 0 Å². The standard InChI is InChI=1S/C6H5N5O3/c12-3(13)1-11-2-7-5-4(6(11)14)8-10-9-5/h2H,1H2,(H,12,13)(H,8,9,10). The molecule has 0 amide bonds. The van der Waals surface area contributed by atoms with E-state index in [-0.39, 0.29) is 11.2 Å². The minimum Gasteiger partial charge on any atom is -0.480 e. The lowest BCUT2D eigenvalue weighted by atomic mass is 10.5. The second kappa shape index (κ2) is 2.91. The number of aromatic nitrogens is 5. The summed E-state index contributed by atoms with van der Waals surface area (Å²) < 4.78 is 0.952. The number of nitrogens with zero attached hydrogens (tertiary/aromatic N) is 4. The van der Waals surface area contributed by atoms with Crippen molar-refractivity contribution in [3.05, 3.63) is 16.7 Å². The summed E-state index contributed by atoms with van der Waals surface area (Å²) in [5, 5.41) is 17.9. The van der Waals surface area contributed by atoms with Crippen molar-refractivity contribution in [3.8, 4) is 0 Å². The van der Waals surface area contributed by atoms with Crippen molar-refractivity contribution in [2.75, 3.05) is 0 Å². The molecule has 8 nitrogen and oxygen atoms in total. The molecule has 0 aromatic carbocycles. The lowest BCUT2D eigenvalue weighted by Gasteiger charge is -1.98. The number of hydrogen-bond donors (Lipinski definition) is 2. The number of carboxylic acids is 1. The first-order valence-electron chi connectivity index (χ1n) is 3.66. The molecular weight excluding hydrogens is 190 g/mol. The first-order valence-corrected chi connectivity index (χ1v) is 3.66. The van der Waals surface area contributed by atoms with Crippen LogP contribution in [0.4, 0.5) is 0 Å². The van der Waals surface area contributed by atoms with Gasteiger partial charge in [-0.25, -0.2) is 4.98 Å². The van der Waals surface area contributed by atoms with Crippen LogP contribution in [-0.4, -0.2) is 36.0 Å². The van der Waals surface area contributed by atoms with Crippen molar-refractivity contribution in [3.63, 3.8) is 0 Å². The quantitative estimate of drug-likeness (QED) is 0.609. The van der Waals surface area contributed by atoms with E-state index in [2.05, 4.69) is 20.4 Å². The summed E-state index contributed by atoms with van der Waals surface area (Å²) in [5.41, 5.74) is -0.309. The van der Waals surface area contributed by atoms with Crippen LogP contribution < -0.4 is 5.56 Å². The summed E-state index contributed by atoms with van der Waals surface area (Å²) in [4.78, 5) is 25.6. The Morgan fingerprint density at radius 2 is 2.36 bits per heavy atom. The Bertz CT molecular complexity index is 542. The summed E-state index contributed by atoms with van der Waals surface area (Å²) in [6.07, 6.45) is 1.13. The number of fused-ring (bicyclic) bond motifs is 1. The van der Waals surface area contributed by atoms with Crippen molar-refractivity contribution in [2.24, 2.45) is 0 Å². The van der Waals surface area contributed by atoms with Crippen LogP contribution in [0.3, 0.4) is 0 Å². The zero-order valence-corrected chi connectivity index (χ0v) is 6.84. The molecule has 0 atom stereocenters. The summed E-state index contributed by atoms with van der Waals surface area (Å²) in [6.45, 7) is -0.436. The molecule has 0 fully saturated rings. The summed E-state index contributed by atoms with van der Waals surface area (Å²) >= 11 is 0.